The summed E-state index contributed by atoms with van der Waals surface area (Å²) in [7, 11) is 0. The van der Waals surface area contributed by atoms with E-state index in [-0.39, 0.29) is 24.9 Å². The average Bonchev–Trinajstić information content (AvgIpc) is 3.55. The molecular formula is C24H39N6O5+. The summed E-state index contributed by atoms with van der Waals surface area (Å²) in [5.41, 5.74) is 2.81. The van der Waals surface area contributed by atoms with Crippen LogP contribution in [-0.2, 0) is 16.0 Å². The van der Waals surface area contributed by atoms with Gasteiger partial charge < -0.3 is 5.32 Å². The molecule has 0 aromatic carbocycles. The van der Waals surface area contributed by atoms with Crippen LogP contribution in [0.25, 0.3) is 0 Å². The molecule has 4 N–H and O–H groups in total. The van der Waals surface area contributed by atoms with Crippen LogP contribution in [0.5, 0.6) is 0 Å². The molecule has 1 aliphatic heterocycles. The van der Waals surface area contributed by atoms with E-state index in [1.807, 2.05) is 20.8 Å². The number of imide groups is 2. The van der Waals surface area contributed by atoms with E-state index in [4.69, 9.17) is 0 Å². The van der Waals surface area contributed by atoms with Crippen LogP contribution in [0.4, 0.5) is 9.59 Å². The van der Waals surface area contributed by atoms with E-state index in [1.165, 1.54) is 0 Å². The molecule has 6 amide bonds. The molecule has 1 unspecified atom stereocenters. The van der Waals surface area contributed by atoms with Gasteiger partial charge in [0.1, 0.15) is 6.04 Å². The maximum atomic E-state index is 13.9. The molecule has 2 heterocycles. The molecule has 2 aliphatic rings. The first-order valence-corrected chi connectivity index (χ1v) is 12.6. The normalized spacial score (nSPS) is 23.1. The highest BCUT2D eigenvalue weighted by molar-refractivity contribution is 5.95. The standard InChI is InChI=1S/C24H38N6O5/c1-16-7-6-12-30(16,22(32)20(14-29(35)15-31)13-19-8-4-5-9-19)24(34)26-23(33)25-11-10-21-17(2)27-28-18(21)3/h15-16,19-20,35H,4-14H2,1-3H3,(H2-,25,26,27,28,33,34)/p+1/t16-,20-,30?/m1/s1. The van der Waals surface area contributed by atoms with Crippen LogP contribution >= 0.6 is 0 Å². The van der Waals surface area contributed by atoms with Gasteiger partial charge >= 0.3 is 18.0 Å². The molecule has 0 bridgehead atoms. The number of hydrogen-bond acceptors (Lipinski definition) is 6. The molecule has 1 saturated carbocycles. The lowest BCUT2D eigenvalue weighted by Gasteiger charge is -2.36. The molecule has 0 radical (unpaired) electrons. The second-order valence-corrected chi connectivity index (χ2v) is 10.1. The number of hydroxylamine groups is 2. The quantitative estimate of drug-likeness (QED) is 0.181. The van der Waals surface area contributed by atoms with Crippen LogP contribution in [0.3, 0.4) is 0 Å². The number of carbonyl (C=O) groups is 4. The zero-order valence-electron chi connectivity index (χ0n) is 21.0. The molecule has 2 fully saturated rings. The minimum atomic E-state index is -0.685. The highest BCUT2D eigenvalue weighted by atomic mass is 16.5. The number of nitrogens with one attached hydrogen (secondary N) is 3. The van der Waals surface area contributed by atoms with E-state index in [2.05, 4.69) is 20.8 Å². The van der Waals surface area contributed by atoms with Gasteiger partial charge in [-0.15, -0.1) is 0 Å². The predicted octanol–water partition coefficient (Wildman–Crippen LogP) is 2.56. The fraction of sp³-hybridized carbons (Fsp3) is 0.708. The van der Waals surface area contributed by atoms with Crippen molar-refractivity contribution in [3.8, 4) is 0 Å². The van der Waals surface area contributed by atoms with E-state index < -0.39 is 22.5 Å². The Bertz CT molecular complexity index is 908. The number of H-pyrrole nitrogens is 1. The molecule has 35 heavy (non-hydrogen) atoms. The maximum Gasteiger partial charge on any atom is 0.432 e. The van der Waals surface area contributed by atoms with Crippen LogP contribution < -0.4 is 10.6 Å². The lowest BCUT2D eigenvalue weighted by molar-refractivity contribution is -0.786. The van der Waals surface area contributed by atoms with Crippen molar-refractivity contribution in [3.05, 3.63) is 17.0 Å². The van der Waals surface area contributed by atoms with E-state index in [1.54, 1.807) is 0 Å². The van der Waals surface area contributed by atoms with E-state index in [0.29, 0.717) is 49.8 Å². The minimum Gasteiger partial charge on any atom is -0.337 e. The second kappa shape index (κ2) is 11.8. The third kappa shape index (κ3) is 6.07. The maximum absolute atomic E-state index is 13.9. The number of aromatic amines is 1. The van der Waals surface area contributed by atoms with Gasteiger partial charge in [-0.3, -0.25) is 15.1 Å². The van der Waals surface area contributed by atoms with Crippen molar-refractivity contribution >= 4 is 24.4 Å². The highest BCUT2D eigenvalue weighted by Crippen LogP contribution is 2.35. The first kappa shape index (κ1) is 26.8. The van der Waals surface area contributed by atoms with E-state index in [9.17, 15) is 24.4 Å². The molecular weight excluding hydrogens is 452 g/mol. The van der Waals surface area contributed by atoms with Crippen molar-refractivity contribution in [3.63, 3.8) is 0 Å². The number of hydrogen-bond donors (Lipinski definition) is 4. The summed E-state index contributed by atoms with van der Waals surface area (Å²) in [6, 6.07) is -1.61. The Kier molecular flexibility index (Phi) is 9.01. The zero-order chi connectivity index (χ0) is 25.6. The molecule has 3 rings (SSSR count). The number of nitrogens with zero attached hydrogens (tertiary/aromatic N) is 3. The number of quaternary nitrogens is 1. The third-order valence-corrected chi connectivity index (χ3v) is 7.77. The summed E-state index contributed by atoms with van der Waals surface area (Å²) in [6.45, 7) is 6.09. The van der Waals surface area contributed by atoms with Crippen molar-refractivity contribution in [1.82, 2.24) is 25.9 Å². The summed E-state index contributed by atoms with van der Waals surface area (Å²) < 4.78 is -0.489. The first-order valence-electron chi connectivity index (χ1n) is 12.6. The van der Waals surface area contributed by atoms with Crippen LogP contribution in [0.1, 0.15) is 68.8 Å². The fourth-order valence-corrected chi connectivity index (χ4v) is 5.79. The van der Waals surface area contributed by atoms with Gasteiger partial charge in [-0.2, -0.15) is 9.58 Å². The van der Waals surface area contributed by atoms with Gasteiger partial charge in [0.05, 0.1) is 24.7 Å². The molecule has 1 saturated heterocycles. The number of aryl methyl sites for hydroxylation is 2. The monoisotopic (exact) mass is 491 g/mol. The van der Waals surface area contributed by atoms with Crippen LogP contribution in [0, 0.1) is 25.7 Å². The second-order valence-electron chi connectivity index (χ2n) is 10.1. The fourth-order valence-electron chi connectivity index (χ4n) is 5.79. The summed E-state index contributed by atoms with van der Waals surface area (Å²) in [5.74, 6) is -0.699. The van der Waals surface area contributed by atoms with Gasteiger partial charge in [0.2, 0.25) is 6.41 Å². The summed E-state index contributed by atoms with van der Waals surface area (Å²) in [5, 5.41) is 22.5. The third-order valence-electron chi connectivity index (χ3n) is 7.77. The summed E-state index contributed by atoms with van der Waals surface area (Å²) in [6.07, 6.45) is 6.88. The Morgan fingerprint density at radius 3 is 2.51 bits per heavy atom. The SMILES string of the molecule is Cc1n[nH]c(C)c1CCNC(=O)NC(=O)[N+]1(C(=O)[C@H](CC2CCCC2)CN(O)C=O)CCC[C@H]1C. The molecule has 194 valence electrons. The number of urea groups is 2. The summed E-state index contributed by atoms with van der Waals surface area (Å²) in [4.78, 5) is 51.0. The van der Waals surface area contributed by atoms with Gasteiger partial charge in [0, 0.05) is 25.1 Å². The number of rotatable bonds is 9. The van der Waals surface area contributed by atoms with Crippen molar-refractivity contribution < 1.29 is 28.9 Å². The minimum absolute atomic E-state index is 0.158. The molecule has 1 aromatic rings. The smallest absolute Gasteiger partial charge is 0.337 e. The Hall–Kier alpha value is -2.79. The molecule has 11 nitrogen and oxygen atoms in total. The lowest BCUT2D eigenvalue weighted by Crippen LogP contribution is -2.66. The highest BCUT2D eigenvalue weighted by Gasteiger charge is 2.55. The molecule has 11 heteroatoms. The first-order chi connectivity index (χ1) is 16.7. The Balaban J connectivity index is 1.70. The predicted molar refractivity (Wildman–Crippen MR) is 127 cm³/mol. The van der Waals surface area contributed by atoms with Crippen molar-refractivity contribution in [2.45, 2.75) is 78.2 Å². The van der Waals surface area contributed by atoms with Crippen molar-refractivity contribution in [1.29, 1.82) is 0 Å². The Labute approximate surface area is 206 Å². The molecule has 1 aromatic heterocycles. The Morgan fingerprint density at radius 2 is 1.94 bits per heavy atom. The van der Waals surface area contributed by atoms with Gasteiger partial charge in [-0.05, 0) is 45.1 Å². The van der Waals surface area contributed by atoms with Gasteiger partial charge in [-0.1, -0.05) is 25.7 Å². The molecule has 0 spiro atoms. The van der Waals surface area contributed by atoms with Gasteiger partial charge in [0.15, 0.2) is 0 Å². The largest absolute Gasteiger partial charge is 0.432 e. The van der Waals surface area contributed by atoms with Crippen molar-refractivity contribution in [2.24, 2.45) is 11.8 Å². The number of aromatic nitrogens is 2. The zero-order valence-corrected chi connectivity index (χ0v) is 21.0. The van der Waals surface area contributed by atoms with Crippen LogP contribution in [0.2, 0.25) is 0 Å². The molecule has 3 atom stereocenters. The van der Waals surface area contributed by atoms with Crippen molar-refractivity contribution in [2.75, 3.05) is 19.6 Å². The lowest BCUT2D eigenvalue weighted by atomic mass is 9.91. The summed E-state index contributed by atoms with van der Waals surface area (Å²) >= 11 is 0. The Morgan fingerprint density at radius 1 is 1.23 bits per heavy atom. The number of carbonyl (C=O) groups excluding carboxylic acids is 4. The number of likely N-dealkylation sites (tertiary alicyclic amines) is 1. The average molecular weight is 492 g/mol. The van der Waals surface area contributed by atoms with E-state index >= 15 is 0 Å². The van der Waals surface area contributed by atoms with Crippen LogP contribution in [-0.4, -0.2) is 75.0 Å². The van der Waals surface area contributed by atoms with Crippen LogP contribution in [0.15, 0.2) is 0 Å². The molecule has 1 aliphatic carbocycles. The topological polar surface area (TPSA) is 144 Å². The number of amides is 6. The van der Waals surface area contributed by atoms with Gasteiger partial charge in [-0.25, -0.2) is 24.8 Å². The van der Waals surface area contributed by atoms with E-state index in [0.717, 1.165) is 42.6 Å². The van der Waals surface area contributed by atoms with Gasteiger partial charge in [0.25, 0.3) is 0 Å².